The minimum absolute atomic E-state index is 0.839. The fourth-order valence-electron chi connectivity index (χ4n) is 0.295. The molecule has 0 amide bonds. The van der Waals surface area contributed by atoms with Gasteiger partial charge < -0.3 is 0 Å². The van der Waals surface area contributed by atoms with Gasteiger partial charge in [0.2, 0.25) is 0 Å². The molecule has 0 aromatic heterocycles. The minimum Gasteiger partial charge on any atom is -0.196 e. The molecule has 0 radical (unpaired) electrons. The summed E-state index contributed by atoms with van der Waals surface area (Å²) in [7, 11) is 4.81. The molecule has 0 aliphatic rings. The van der Waals surface area contributed by atoms with E-state index < -0.39 is 19.3 Å². The third-order valence-electron chi connectivity index (χ3n) is 1.10. The van der Waals surface area contributed by atoms with E-state index in [0.29, 0.717) is 0 Å². The zero-order valence-corrected chi connectivity index (χ0v) is 12.1. The third kappa shape index (κ3) is 17.7. The van der Waals surface area contributed by atoms with E-state index in [1.807, 2.05) is 12.1 Å². The van der Waals surface area contributed by atoms with Gasteiger partial charge in [-0.05, 0) is 27.7 Å². The molecule has 6 nitrogen and oxygen atoms in total. The van der Waals surface area contributed by atoms with Crippen molar-refractivity contribution in [2.24, 2.45) is 10.2 Å². The third-order valence-corrected chi connectivity index (χ3v) is 1.10. The van der Waals surface area contributed by atoms with Crippen LogP contribution in [0.25, 0.3) is 0 Å². The molecule has 0 aromatic rings. The van der Waals surface area contributed by atoms with Gasteiger partial charge in [-0.25, -0.2) is 0 Å². The van der Waals surface area contributed by atoms with Crippen LogP contribution < -0.4 is 0 Å². The van der Waals surface area contributed by atoms with Crippen LogP contribution in [0, 0.1) is 22.7 Å². The fraction of sp³-hybridized carbons (Fsp3) is 0.750. The van der Waals surface area contributed by atoms with E-state index in [1.54, 1.807) is 27.7 Å². The highest BCUT2D eigenvalue weighted by atomic mass is 36.0. The summed E-state index contributed by atoms with van der Waals surface area (Å²) >= 11 is 0. The summed E-state index contributed by atoms with van der Waals surface area (Å²) in [5.74, 6) is 0. The summed E-state index contributed by atoms with van der Waals surface area (Å²) < 4.78 is 18.3. The van der Waals surface area contributed by atoms with Crippen LogP contribution in [0.5, 0.6) is 0 Å². The Balaban J connectivity index is 0. The number of hydrogen-bond donors (Lipinski definition) is 0. The molecular formula is C8H12Cl2N4O2S. The van der Waals surface area contributed by atoms with Crippen LogP contribution in [0.15, 0.2) is 10.2 Å². The van der Waals surface area contributed by atoms with E-state index >= 15 is 0 Å². The lowest BCUT2D eigenvalue weighted by atomic mass is 10.1. The molecule has 0 fully saturated rings. The van der Waals surface area contributed by atoms with Crippen molar-refractivity contribution in [1.82, 2.24) is 0 Å². The Kier molecular flexibility index (Phi) is 7.34. The highest BCUT2D eigenvalue weighted by Crippen LogP contribution is 2.13. The Morgan fingerprint density at radius 1 is 0.941 bits per heavy atom. The second-order valence-electron chi connectivity index (χ2n) is 3.92. The Morgan fingerprint density at radius 2 is 1.12 bits per heavy atom. The van der Waals surface area contributed by atoms with Gasteiger partial charge >= 0.3 is 8.26 Å². The molecule has 0 N–H and O–H groups in total. The van der Waals surface area contributed by atoms with Gasteiger partial charge in [0.15, 0.2) is 11.1 Å². The van der Waals surface area contributed by atoms with Crippen molar-refractivity contribution in [2.45, 2.75) is 38.8 Å². The van der Waals surface area contributed by atoms with Crippen molar-refractivity contribution in [3.63, 3.8) is 0 Å². The summed E-state index contributed by atoms with van der Waals surface area (Å²) in [6, 6.07) is 3.94. The normalized spacial score (nSPS) is 12.2. The van der Waals surface area contributed by atoms with Crippen molar-refractivity contribution in [2.75, 3.05) is 0 Å². The lowest BCUT2D eigenvalue weighted by molar-refractivity contribution is 0.541. The van der Waals surface area contributed by atoms with Crippen LogP contribution in [0.4, 0.5) is 0 Å². The first-order valence-corrected chi connectivity index (χ1v) is 7.37. The van der Waals surface area contributed by atoms with Crippen LogP contribution >= 0.6 is 21.4 Å². The number of nitriles is 2. The molecule has 0 saturated carbocycles. The average Bonchev–Trinajstić information content (AvgIpc) is 2.13. The Hall–Kier alpha value is -0.890. The number of azo groups is 1. The summed E-state index contributed by atoms with van der Waals surface area (Å²) in [5.41, 5.74) is -1.68. The van der Waals surface area contributed by atoms with Gasteiger partial charge in [0.25, 0.3) is 0 Å². The molecule has 0 unspecified atom stereocenters. The van der Waals surface area contributed by atoms with Gasteiger partial charge in [-0.3, -0.25) is 0 Å². The smallest absolute Gasteiger partial charge is 0.196 e. The maximum absolute atomic E-state index is 9.16. The number of halogens is 2. The van der Waals surface area contributed by atoms with E-state index in [-0.39, 0.29) is 0 Å². The second-order valence-corrected chi connectivity index (χ2v) is 7.59. The lowest BCUT2D eigenvalue weighted by Crippen LogP contribution is -2.17. The molecule has 96 valence electrons. The highest BCUT2D eigenvalue weighted by molar-refractivity contribution is 8.31. The van der Waals surface area contributed by atoms with Crippen LogP contribution in [0.1, 0.15) is 27.7 Å². The first kappa shape index (κ1) is 18.5. The molecule has 0 aliphatic carbocycles. The maximum atomic E-state index is 9.16. The minimum atomic E-state index is -3.72. The average molecular weight is 299 g/mol. The molecular weight excluding hydrogens is 287 g/mol. The van der Waals surface area contributed by atoms with Crippen LogP contribution in [0.3, 0.4) is 0 Å². The monoisotopic (exact) mass is 298 g/mol. The predicted octanol–water partition coefficient (Wildman–Crippen LogP) is 2.75. The van der Waals surface area contributed by atoms with E-state index in [4.69, 9.17) is 18.9 Å². The van der Waals surface area contributed by atoms with Gasteiger partial charge in [0, 0.05) is 21.4 Å². The van der Waals surface area contributed by atoms with Crippen molar-refractivity contribution in [3.05, 3.63) is 0 Å². The molecule has 17 heavy (non-hydrogen) atoms. The number of rotatable bonds is 2. The van der Waals surface area contributed by atoms with Crippen LogP contribution in [-0.4, -0.2) is 19.5 Å². The molecule has 9 heteroatoms. The molecule has 0 saturated heterocycles. The Bertz CT molecular complexity index is 421. The maximum Gasteiger partial charge on any atom is 0.317 e. The zero-order chi connectivity index (χ0) is 14.3. The van der Waals surface area contributed by atoms with Crippen molar-refractivity contribution >= 4 is 29.6 Å². The van der Waals surface area contributed by atoms with E-state index in [1.165, 1.54) is 0 Å². The van der Waals surface area contributed by atoms with E-state index in [2.05, 4.69) is 31.6 Å². The standard InChI is InChI=1S/C8H12N4.Cl2O2S/c1-7(2,5-9)11-12-8(3,4)6-10;1-5(2,3)4/h1-4H3;. The molecule has 0 atom stereocenters. The number of hydrogen-bond acceptors (Lipinski definition) is 6. The van der Waals surface area contributed by atoms with Crippen LogP contribution in [-0.2, 0) is 8.26 Å². The van der Waals surface area contributed by atoms with Crippen molar-refractivity contribution in [3.8, 4) is 12.1 Å². The highest BCUT2D eigenvalue weighted by Gasteiger charge is 2.19. The molecule has 0 spiro atoms. The molecule has 0 aromatic carbocycles. The van der Waals surface area contributed by atoms with Crippen LogP contribution in [0.2, 0.25) is 0 Å². The van der Waals surface area contributed by atoms with Crippen molar-refractivity contribution in [1.29, 1.82) is 10.5 Å². The summed E-state index contributed by atoms with van der Waals surface area (Å²) in [5, 5.41) is 24.7. The molecule has 0 heterocycles. The van der Waals surface area contributed by atoms with Crippen molar-refractivity contribution < 1.29 is 8.42 Å². The van der Waals surface area contributed by atoms with Gasteiger partial charge in [0.1, 0.15) is 0 Å². The van der Waals surface area contributed by atoms with E-state index in [9.17, 15) is 0 Å². The fourth-order valence-corrected chi connectivity index (χ4v) is 0.295. The summed E-state index contributed by atoms with van der Waals surface area (Å²) in [6.07, 6.45) is 0. The number of nitrogens with zero attached hydrogens (tertiary/aromatic N) is 4. The lowest BCUT2D eigenvalue weighted by Gasteiger charge is -2.11. The van der Waals surface area contributed by atoms with E-state index in [0.717, 1.165) is 0 Å². The Morgan fingerprint density at radius 3 is 1.24 bits per heavy atom. The van der Waals surface area contributed by atoms with Gasteiger partial charge in [-0.15, -0.1) is 0 Å². The first-order chi connectivity index (χ1) is 7.33. The predicted molar refractivity (Wildman–Crippen MR) is 64.9 cm³/mol. The molecule has 0 aliphatic heterocycles. The van der Waals surface area contributed by atoms with Gasteiger partial charge in [-0.1, -0.05) is 0 Å². The topological polar surface area (TPSA) is 106 Å². The zero-order valence-electron chi connectivity index (χ0n) is 9.77. The molecule has 0 rings (SSSR count). The largest absolute Gasteiger partial charge is 0.317 e. The SMILES string of the molecule is CC(C)(C#N)N=NC(C)(C)C#N.O=S(=O)(Cl)Cl. The summed E-state index contributed by atoms with van der Waals surface area (Å²) in [6.45, 7) is 6.57. The van der Waals surface area contributed by atoms with Gasteiger partial charge in [0.05, 0.1) is 12.1 Å². The Labute approximate surface area is 110 Å². The first-order valence-electron chi connectivity index (χ1n) is 4.24. The van der Waals surface area contributed by atoms with Gasteiger partial charge in [-0.2, -0.15) is 29.2 Å². The quantitative estimate of drug-likeness (QED) is 0.577. The second kappa shape index (κ2) is 6.75. The molecule has 0 bridgehead atoms. The summed E-state index contributed by atoms with van der Waals surface area (Å²) in [4.78, 5) is 0.